The third kappa shape index (κ3) is 8.56. The van der Waals surface area contributed by atoms with Gasteiger partial charge in [-0.05, 0) is 102 Å². The van der Waals surface area contributed by atoms with Crippen molar-refractivity contribution in [1.29, 1.82) is 0 Å². The van der Waals surface area contributed by atoms with Crippen molar-refractivity contribution in [3.8, 4) is 11.1 Å². The van der Waals surface area contributed by atoms with Crippen molar-refractivity contribution in [3.63, 3.8) is 0 Å². The van der Waals surface area contributed by atoms with E-state index >= 15 is 0 Å². The van der Waals surface area contributed by atoms with Gasteiger partial charge in [0.2, 0.25) is 23.6 Å². The molecule has 0 spiro atoms. The van der Waals surface area contributed by atoms with Gasteiger partial charge in [0.05, 0.1) is 12.1 Å². The SMILES string of the molecule is CC(C)[C@H](NC(=O)O)C(=O)N1CCC[C@@]1(C(N)=O)c1ccc([C@H]2CC[C@H](c3ccc([C@]4(C(N)=O)CCCN4C(=O)[C@@H](NC(=O)O)C(C)C)cc3)N2c2ccc(-c3cccnc3)cc2)cc1. The fourth-order valence-corrected chi connectivity index (χ4v) is 10.4. The van der Waals surface area contributed by atoms with Gasteiger partial charge in [-0.25, -0.2) is 9.59 Å². The summed E-state index contributed by atoms with van der Waals surface area (Å²) in [4.78, 5) is 87.8. The van der Waals surface area contributed by atoms with Crippen LogP contribution in [0.2, 0.25) is 0 Å². The van der Waals surface area contributed by atoms with E-state index in [1.807, 2.05) is 66.9 Å². The highest BCUT2D eigenvalue weighted by Gasteiger charge is 2.53. The first-order chi connectivity index (χ1) is 31.0. The lowest BCUT2D eigenvalue weighted by Gasteiger charge is -2.39. The van der Waals surface area contributed by atoms with Gasteiger partial charge in [0, 0.05) is 31.2 Å². The molecule has 7 rings (SSSR count). The van der Waals surface area contributed by atoms with Gasteiger partial charge in [0.25, 0.3) is 0 Å². The van der Waals surface area contributed by atoms with Gasteiger partial charge in [0.15, 0.2) is 0 Å². The lowest BCUT2D eigenvalue weighted by molar-refractivity contribution is -0.146. The molecule has 1 aromatic heterocycles. The van der Waals surface area contributed by atoms with E-state index in [1.54, 1.807) is 33.9 Å². The van der Waals surface area contributed by atoms with E-state index in [0.717, 1.165) is 40.8 Å². The van der Waals surface area contributed by atoms with E-state index in [9.17, 15) is 39.0 Å². The van der Waals surface area contributed by atoms with Crippen molar-refractivity contribution in [2.75, 3.05) is 18.0 Å². The van der Waals surface area contributed by atoms with Crippen LogP contribution in [0, 0.1) is 11.8 Å². The molecule has 6 amide bonds. The topological polar surface area (TPSA) is 242 Å². The van der Waals surface area contributed by atoms with Gasteiger partial charge < -0.3 is 47.0 Å². The maximum atomic E-state index is 14.0. The number of amides is 6. The summed E-state index contributed by atoms with van der Waals surface area (Å²) in [5.74, 6) is -3.13. The van der Waals surface area contributed by atoms with Crippen LogP contribution in [0.4, 0.5) is 15.3 Å². The molecule has 3 saturated heterocycles. The van der Waals surface area contributed by atoms with Crippen LogP contribution in [0.5, 0.6) is 0 Å². The number of pyridine rings is 1. The van der Waals surface area contributed by atoms with Crippen molar-refractivity contribution in [2.24, 2.45) is 23.3 Å². The molecule has 4 heterocycles. The summed E-state index contributed by atoms with van der Waals surface area (Å²) in [5, 5.41) is 23.7. The van der Waals surface area contributed by atoms with Crippen molar-refractivity contribution in [3.05, 3.63) is 120 Å². The first-order valence-corrected chi connectivity index (χ1v) is 22.2. The third-order valence-corrected chi connectivity index (χ3v) is 13.6. The van der Waals surface area contributed by atoms with E-state index in [0.29, 0.717) is 36.8 Å². The molecular formula is C49H58N8O8. The average Bonchev–Trinajstić information content (AvgIpc) is 4.06. The number of aromatic nitrogens is 1. The largest absolute Gasteiger partial charge is 0.465 e. The summed E-state index contributed by atoms with van der Waals surface area (Å²) < 4.78 is 0. The number of anilines is 1. The molecule has 342 valence electrons. The summed E-state index contributed by atoms with van der Waals surface area (Å²) >= 11 is 0. The Balaban J connectivity index is 1.23. The molecule has 16 heteroatoms. The molecule has 16 nitrogen and oxygen atoms in total. The lowest BCUT2D eigenvalue weighted by Crippen LogP contribution is -2.59. The minimum atomic E-state index is -1.46. The molecule has 0 bridgehead atoms. The van der Waals surface area contributed by atoms with Gasteiger partial charge in [-0.2, -0.15) is 0 Å². The zero-order valence-electron chi connectivity index (χ0n) is 37.1. The molecule has 0 saturated carbocycles. The number of nitrogens with zero attached hydrogens (tertiary/aromatic N) is 4. The zero-order chi connectivity index (χ0) is 46.8. The monoisotopic (exact) mass is 886 g/mol. The number of rotatable bonds is 14. The first-order valence-electron chi connectivity index (χ1n) is 22.2. The van der Waals surface area contributed by atoms with E-state index < -0.39 is 59.0 Å². The number of likely N-dealkylation sites (tertiary alicyclic amines) is 2. The molecule has 3 aromatic carbocycles. The van der Waals surface area contributed by atoms with Gasteiger partial charge in [-0.3, -0.25) is 24.2 Å². The van der Waals surface area contributed by atoms with Crippen LogP contribution < -0.4 is 27.0 Å². The van der Waals surface area contributed by atoms with Crippen LogP contribution >= 0.6 is 0 Å². The molecule has 0 unspecified atom stereocenters. The van der Waals surface area contributed by atoms with Gasteiger partial charge in [0.1, 0.15) is 23.2 Å². The summed E-state index contributed by atoms with van der Waals surface area (Å²) in [5.41, 5.74) is 15.4. The van der Waals surface area contributed by atoms with Crippen molar-refractivity contribution < 1.29 is 39.0 Å². The lowest BCUT2D eigenvalue weighted by atomic mass is 9.84. The molecular weight excluding hydrogens is 829 g/mol. The Morgan fingerprint density at radius 1 is 0.631 bits per heavy atom. The summed E-state index contributed by atoms with van der Waals surface area (Å²) in [6.45, 7) is 7.46. The van der Waals surface area contributed by atoms with E-state index in [1.165, 1.54) is 9.80 Å². The van der Waals surface area contributed by atoms with Crippen molar-refractivity contribution >= 4 is 41.5 Å². The van der Waals surface area contributed by atoms with Crippen LogP contribution in [0.25, 0.3) is 11.1 Å². The Bertz CT molecular complexity index is 2290. The smallest absolute Gasteiger partial charge is 0.405 e. The second-order valence-corrected chi connectivity index (χ2v) is 18.0. The third-order valence-electron chi connectivity index (χ3n) is 13.6. The Hall–Kier alpha value is -6.97. The Kier molecular flexibility index (Phi) is 13.2. The number of carbonyl (C=O) groups is 6. The normalized spacial score (nSPS) is 22.8. The average molecular weight is 887 g/mol. The van der Waals surface area contributed by atoms with Crippen LogP contribution in [0.15, 0.2) is 97.3 Å². The molecule has 0 aliphatic carbocycles. The molecule has 3 aliphatic heterocycles. The predicted octanol–water partition coefficient (Wildman–Crippen LogP) is 6.02. The number of hydrogen-bond acceptors (Lipinski definition) is 8. The summed E-state index contributed by atoms with van der Waals surface area (Å²) in [6, 6.07) is 25.0. The maximum absolute atomic E-state index is 14.0. The number of nitrogens with two attached hydrogens (primary N) is 2. The molecule has 3 fully saturated rings. The number of carbonyl (C=O) groups excluding carboxylic acids is 4. The fraction of sp³-hybridized carbons (Fsp3) is 0.408. The number of primary amides is 2. The molecule has 4 aromatic rings. The highest BCUT2D eigenvalue weighted by atomic mass is 16.4. The van der Waals surface area contributed by atoms with Gasteiger partial charge >= 0.3 is 12.2 Å². The van der Waals surface area contributed by atoms with Crippen molar-refractivity contribution in [2.45, 2.75) is 101 Å². The van der Waals surface area contributed by atoms with Gasteiger partial charge in [-0.1, -0.05) is 94.4 Å². The number of hydrogen-bond donors (Lipinski definition) is 6. The standard InChI is InChI=1S/C49H58N8O8/c1-29(2)40(53-46(62)63)42(58)55-26-6-23-48(55,44(50)60)35-15-9-32(10-16-35)38-21-22-39(57(38)37-19-13-31(14-20-37)34-8-5-25-52-28-34)33-11-17-36(18-12-33)49(45(51)61)24-7-27-56(49)43(59)41(30(3)4)54-47(64)65/h5,8-20,25,28-30,38-41,53-54H,6-7,21-24,26-27H2,1-4H3,(H2,50,60)(H2,51,61)(H,62,63)(H,64,65)/t38-,39-,40+,41+,48+,49+/m1/s1. The van der Waals surface area contributed by atoms with E-state index in [2.05, 4.69) is 44.8 Å². The van der Waals surface area contributed by atoms with Crippen LogP contribution in [-0.2, 0) is 30.3 Å². The minimum absolute atomic E-state index is 0.136. The first kappa shape index (κ1) is 46.0. The maximum Gasteiger partial charge on any atom is 0.405 e. The van der Waals surface area contributed by atoms with Crippen LogP contribution in [-0.4, -0.2) is 86.0 Å². The van der Waals surface area contributed by atoms with Crippen LogP contribution in [0.1, 0.15) is 101 Å². The number of benzene rings is 3. The van der Waals surface area contributed by atoms with E-state index in [4.69, 9.17) is 11.5 Å². The Morgan fingerprint density at radius 3 is 1.42 bits per heavy atom. The van der Waals surface area contributed by atoms with Gasteiger partial charge in [-0.15, -0.1) is 0 Å². The number of nitrogens with one attached hydrogen (secondary N) is 2. The second kappa shape index (κ2) is 18.6. The Labute approximate surface area is 378 Å². The quantitative estimate of drug-likeness (QED) is 0.0860. The van der Waals surface area contributed by atoms with Crippen LogP contribution in [0.3, 0.4) is 0 Å². The second-order valence-electron chi connectivity index (χ2n) is 18.0. The number of carboxylic acid groups (broad SMARTS) is 2. The highest BCUT2D eigenvalue weighted by Crippen LogP contribution is 2.49. The van der Waals surface area contributed by atoms with Crippen molar-refractivity contribution in [1.82, 2.24) is 25.4 Å². The summed E-state index contributed by atoms with van der Waals surface area (Å²) in [7, 11) is 0. The molecule has 8 N–H and O–H groups in total. The summed E-state index contributed by atoms with van der Waals surface area (Å²) in [6.07, 6.45) is 3.98. The van der Waals surface area contributed by atoms with E-state index in [-0.39, 0.29) is 37.0 Å². The Morgan fingerprint density at radius 2 is 1.06 bits per heavy atom. The predicted molar refractivity (Wildman–Crippen MR) is 243 cm³/mol. The zero-order valence-corrected chi connectivity index (χ0v) is 37.1. The highest BCUT2D eigenvalue weighted by molar-refractivity contribution is 5.96. The molecule has 6 atom stereocenters. The fourth-order valence-electron chi connectivity index (χ4n) is 10.4. The molecule has 65 heavy (non-hydrogen) atoms. The molecule has 3 aliphatic rings. The molecule has 0 radical (unpaired) electrons. The minimum Gasteiger partial charge on any atom is -0.465 e.